The Balaban J connectivity index is 2.23. The summed E-state index contributed by atoms with van der Waals surface area (Å²) in [6.07, 6.45) is 2.82. The zero-order valence-corrected chi connectivity index (χ0v) is 12.7. The van der Waals surface area contributed by atoms with Crippen molar-refractivity contribution in [2.75, 3.05) is 19.7 Å². The monoisotopic (exact) mass is 294 g/mol. The lowest BCUT2D eigenvalue weighted by molar-refractivity contribution is 0.0997. The number of nitrogens with zero attached hydrogens (tertiary/aromatic N) is 1. The molecule has 1 atom stereocenters. The normalized spacial score (nSPS) is 17.4. The fourth-order valence-corrected chi connectivity index (χ4v) is 2.88. The molecular weight excluding hydrogens is 271 g/mol. The Morgan fingerprint density at radius 1 is 1.38 bits per heavy atom. The number of primary amides is 1. The first-order chi connectivity index (χ1) is 10.1. The van der Waals surface area contributed by atoms with Crippen molar-refractivity contribution in [1.82, 2.24) is 4.90 Å². The summed E-state index contributed by atoms with van der Waals surface area (Å²) in [5.74, 6) is -0.848. The average Bonchev–Trinajstić information content (AvgIpc) is 2.46. The molecule has 2 N–H and O–H groups in total. The van der Waals surface area contributed by atoms with E-state index in [0.29, 0.717) is 13.0 Å². The van der Waals surface area contributed by atoms with E-state index >= 15 is 0 Å². The van der Waals surface area contributed by atoms with Crippen LogP contribution in [0.4, 0.5) is 4.39 Å². The van der Waals surface area contributed by atoms with Gasteiger partial charge in [-0.2, -0.15) is 0 Å². The highest BCUT2D eigenvalue weighted by molar-refractivity contribution is 5.93. The number of carbonyl (C=O) groups is 1. The van der Waals surface area contributed by atoms with Crippen LogP contribution in [0.3, 0.4) is 0 Å². The first-order valence-electron chi connectivity index (χ1n) is 7.55. The van der Waals surface area contributed by atoms with E-state index in [0.717, 1.165) is 37.6 Å². The standard InChI is InChI=1S/C16H23FN2O2/c1-3-5-19(6-4-2)13-8-11-7-12(16(18)20)9-14(17)15(11)21-10-13/h7,9,13H,3-6,8,10H2,1-2H3,(H2,18,20). The molecule has 21 heavy (non-hydrogen) atoms. The van der Waals surface area contributed by atoms with Crippen molar-refractivity contribution >= 4 is 5.91 Å². The molecule has 1 amide bonds. The molecule has 0 saturated heterocycles. The van der Waals surface area contributed by atoms with Gasteiger partial charge in [0.25, 0.3) is 0 Å². The van der Waals surface area contributed by atoms with Crippen molar-refractivity contribution in [2.24, 2.45) is 5.73 Å². The Bertz CT molecular complexity index is 513. The second-order valence-corrected chi connectivity index (χ2v) is 5.52. The molecule has 1 unspecified atom stereocenters. The number of carbonyl (C=O) groups excluding carboxylic acids is 1. The largest absolute Gasteiger partial charge is 0.489 e. The lowest BCUT2D eigenvalue weighted by Gasteiger charge is -2.35. The molecule has 0 aromatic heterocycles. The summed E-state index contributed by atoms with van der Waals surface area (Å²) in [4.78, 5) is 13.6. The molecule has 0 aliphatic carbocycles. The Kier molecular flexibility index (Phi) is 5.17. The number of hydrogen-bond donors (Lipinski definition) is 1. The van der Waals surface area contributed by atoms with Crippen molar-refractivity contribution in [1.29, 1.82) is 0 Å². The molecular formula is C16H23FN2O2. The highest BCUT2D eigenvalue weighted by Crippen LogP contribution is 2.31. The predicted molar refractivity (Wildman–Crippen MR) is 80.1 cm³/mol. The first kappa shape index (κ1) is 15.8. The van der Waals surface area contributed by atoms with E-state index in [1.165, 1.54) is 0 Å². The molecule has 1 heterocycles. The molecule has 0 saturated carbocycles. The summed E-state index contributed by atoms with van der Waals surface area (Å²) in [5, 5.41) is 0. The number of nitrogens with two attached hydrogens (primary N) is 1. The van der Waals surface area contributed by atoms with Gasteiger partial charge >= 0.3 is 0 Å². The lowest BCUT2D eigenvalue weighted by Crippen LogP contribution is -2.44. The maximum Gasteiger partial charge on any atom is 0.248 e. The van der Waals surface area contributed by atoms with Crippen molar-refractivity contribution < 1.29 is 13.9 Å². The minimum Gasteiger partial charge on any atom is -0.489 e. The van der Waals surface area contributed by atoms with E-state index < -0.39 is 11.7 Å². The number of hydrogen-bond acceptors (Lipinski definition) is 3. The zero-order valence-electron chi connectivity index (χ0n) is 12.7. The summed E-state index contributed by atoms with van der Waals surface area (Å²) < 4.78 is 19.6. The minimum absolute atomic E-state index is 0.202. The molecule has 1 aliphatic rings. The highest BCUT2D eigenvalue weighted by atomic mass is 19.1. The smallest absolute Gasteiger partial charge is 0.248 e. The van der Waals surface area contributed by atoms with Crippen LogP contribution in [0.25, 0.3) is 0 Å². The molecule has 1 aromatic carbocycles. The molecule has 4 nitrogen and oxygen atoms in total. The van der Waals surface area contributed by atoms with E-state index in [2.05, 4.69) is 18.7 Å². The third-order valence-corrected chi connectivity index (χ3v) is 3.82. The summed E-state index contributed by atoms with van der Waals surface area (Å²) in [6, 6.07) is 3.03. The van der Waals surface area contributed by atoms with Gasteiger partial charge in [0.1, 0.15) is 6.61 Å². The molecule has 1 aromatic rings. The van der Waals surface area contributed by atoms with Gasteiger partial charge in [0.2, 0.25) is 5.91 Å². The fraction of sp³-hybridized carbons (Fsp3) is 0.562. The minimum atomic E-state index is -0.613. The van der Waals surface area contributed by atoms with Crippen LogP contribution >= 0.6 is 0 Å². The van der Waals surface area contributed by atoms with Crippen LogP contribution in [-0.2, 0) is 6.42 Å². The van der Waals surface area contributed by atoms with E-state index in [9.17, 15) is 9.18 Å². The number of halogens is 1. The number of fused-ring (bicyclic) bond motifs is 1. The van der Waals surface area contributed by atoms with E-state index in [1.54, 1.807) is 6.07 Å². The topological polar surface area (TPSA) is 55.6 Å². The highest BCUT2D eigenvalue weighted by Gasteiger charge is 2.27. The van der Waals surface area contributed by atoms with Gasteiger partial charge in [-0.3, -0.25) is 9.69 Å². The molecule has 0 bridgehead atoms. The zero-order chi connectivity index (χ0) is 15.4. The van der Waals surface area contributed by atoms with Crippen LogP contribution < -0.4 is 10.5 Å². The van der Waals surface area contributed by atoms with Crippen LogP contribution in [0.5, 0.6) is 5.75 Å². The van der Waals surface area contributed by atoms with Gasteiger partial charge in [0, 0.05) is 11.6 Å². The lowest BCUT2D eigenvalue weighted by atomic mass is 9.98. The first-order valence-corrected chi connectivity index (χ1v) is 7.55. The number of benzene rings is 1. The average molecular weight is 294 g/mol. The van der Waals surface area contributed by atoms with Gasteiger partial charge < -0.3 is 10.5 Å². The third-order valence-electron chi connectivity index (χ3n) is 3.82. The Hall–Kier alpha value is -1.62. The van der Waals surface area contributed by atoms with E-state index in [1.807, 2.05) is 0 Å². The molecule has 116 valence electrons. The fourth-order valence-electron chi connectivity index (χ4n) is 2.88. The van der Waals surface area contributed by atoms with E-state index in [-0.39, 0.29) is 17.4 Å². The molecule has 0 radical (unpaired) electrons. The van der Waals surface area contributed by atoms with Crippen LogP contribution in [0.1, 0.15) is 42.6 Å². The second kappa shape index (κ2) is 6.89. The van der Waals surface area contributed by atoms with Gasteiger partial charge in [-0.05, 0) is 50.0 Å². The van der Waals surface area contributed by atoms with Crippen LogP contribution in [-0.4, -0.2) is 36.5 Å². The van der Waals surface area contributed by atoms with Gasteiger partial charge in [-0.15, -0.1) is 0 Å². The maximum atomic E-state index is 14.0. The van der Waals surface area contributed by atoms with Crippen molar-refractivity contribution in [3.63, 3.8) is 0 Å². The Morgan fingerprint density at radius 2 is 2.05 bits per heavy atom. The Labute approximate surface area is 125 Å². The SMILES string of the molecule is CCCN(CCC)C1COc2c(F)cc(C(N)=O)cc2C1. The van der Waals surface area contributed by atoms with Gasteiger partial charge in [0.15, 0.2) is 11.6 Å². The number of rotatable bonds is 6. The van der Waals surface area contributed by atoms with Crippen molar-refractivity contribution in [3.05, 3.63) is 29.1 Å². The number of ether oxygens (including phenoxy) is 1. The van der Waals surface area contributed by atoms with Gasteiger partial charge in [-0.25, -0.2) is 4.39 Å². The van der Waals surface area contributed by atoms with E-state index in [4.69, 9.17) is 10.5 Å². The van der Waals surface area contributed by atoms with Gasteiger partial charge in [0.05, 0.1) is 0 Å². The van der Waals surface area contributed by atoms with Crippen LogP contribution in [0.15, 0.2) is 12.1 Å². The quantitative estimate of drug-likeness (QED) is 0.876. The summed E-state index contributed by atoms with van der Waals surface area (Å²) in [5.41, 5.74) is 6.18. The molecule has 1 aliphatic heterocycles. The third kappa shape index (κ3) is 3.53. The maximum absolute atomic E-state index is 14.0. The van der Waals surface area contributed by atoms with Crippen LogP contribution in [0.2, 0.25) is 0 Å². The van der Waals surface area contributed by atoms with Crippen LogP contribution in [0, 0.1) is 5.82 Å². The molecule has 0 fully saturated rings. The van der Waals surface area contributed by atoms with Gasteiger partial charge in [-0.1, -0.05) is 13.8 Å². The Morgan fingerprint density at radius 3 is 2.62 bits per heavy atom. The molecule has 2 rings (SSSR count). The summed E-state index contributed by atoms with van der Waals surface area (Å²) >= 11 is 0. The molecule has 0 spiro atoms. The molecule has 5 heteroatoms. The predicted octanol–water partition coefficient (Wildman–Crippen LogP) is 2.35. The summed E-state index contributed by atoms with van der Waals surface area (Å²) in [7, 11) is 0. The van der Waals surface area contributed by atoms with Crippen molar-refractivity contribution in [3.8, 4) is 5.75 Å². The van der Waals surface area contributed by atoms with Crippen molar-refractivity contribution in [2.45, 2.75) is 39.2 Å². The summed E-state index contributed by atoms with van der Waals surface area (Å²) in [6.45, 7) is 6.76. The second-order valence-electron chi connectivity index (χ2n) is 5.52. The number of amides is 1.